The average Bonchev–Trinajstić information content (AvgIpc) is 3.90. The van der Waals surface area contributed by atoms with Gasteiger partial charge in [0.25, 0.3) is 0 Å². The Bertz CT molecular complexity index is 2050. The summed E-state index contributed by atoms with van der Waals surface area (Å²) in [6, 6.07) is 37.2. The van der Waals surface area contributed by atoms with Crippen molar-refractivity contribution in [2.45, 2.75) is 13.8 Å². The monoisotopic (exact) mass is 740 g/mol. The number of carboxylic acid groups (broad SMARTS) is 1. The number of carbonyl (C=O) groups is 3. The Morgan fingerprint density at radius 1 is 0.764 bits per heavy atom. The van der Waals surface area contributed by atoms with Gasteiger partial charge in [0.15, 0.2) is 11.4 Å². The van der Waals surface area contributed by atoms with Crippen LogP contribution < -0.4 is 24.6 Å². The number of aromatic nitrogens is 6. The van der Waals surface area contributed by atoms with Crippen molar-refractivity contribution in [3.05, 3.63) is 156 Å². The molecule has 2 heterocycles. The summed E-state index contributed by atoms with van der Waals surface area (Å²) in [7, 11) is 0. The third kappa shape index (κ3) is 19.3. The zero-order chi connectivity index (χ0) is 38.7. The van der Waals surface area contributed by atoms with Crippen LogP contribution in [0, 0.1) is 12.3 Å². The molecule has 0 amide bonds. The van der Waals surface area contributed by atoms with Crippen LogP contribution >= 0.6 is 0 Å². The van der Waals surface area contributed by atoms with Crippen LogP contribution in [-0.4, -0.2) is 71.7 Å². The molecule has 0 radical (unpaired) electrons. The first-order valence-electron chi connectivity index (χ1n) is 15.6. The Labute approximate surface area is 328 Å². The van der Waals surface area contributed by atoms with Crippen molar-refractivity contribution in [3.63, 3.8) is 0 Å². The summed E-state index contributed by atoms with van der Waals surface area (Å²) in [6.07, 6.45) is 7.56. The van der Waals surface area contributed by atoms with Crippen molar-refractivity contribution < 1.29 is 53.3 Å². The minimum atomic E-state index is -1.08. The standard InChI is InChI=1S/C11H11N3O2.C9H7N3O2.C6H5N3.C6H7N.C5H6O2.Li.H2O/c1-2-16-11(15)10-8-14(13-12-10)9-6-4-3-5-7-9;13-9(14)8-6-12(11-10-8)7-4-2-1-3-5-7;7-9-8-6-4-2-1-3-5-6;7-6-4-2-1-3-5-6;1-3-5(6)7-4-2;;/h3-8H,2H2,1H3;1-6H,(H,13,14);1-5H;1-5H,7H2;1H,4H2,2H3;;1H2/q;;;;;+1;/p-1. The van der Waals surface area contributed by atoms with Gasteiger partial charge in [-0.15, -0.1) is 16.6 Å². The van der Waals surface area contributed by atoms with Gasteiger partial charge >= 0.3 is 36.8 Å². The fourth-order valence-corrected chi connectivity index (χ4v) is 3.51. The van der Waals surface area contributed by atoms with Crippen molar-refractivity contribution >= 4 is 29.3 Å². The van der Waals surface area contributed by atoms with E-state index in [1.807, 2.05) is 109 Å². The Morgan fingerprint density at radius 2 is 1.18 bits per heavy atom. The molecule has 0 atom stereocenters. The number of carbonyl (C=O) groups excluding carboxylic acids is 2. The van der Waals surface area contributed by atoms with Crippen molar-refractivity contribution in [2.24, 2.45) is 5.11 Å². The van der Waals surface area contributed by atoms with E-state index in [2.05, 4.69) is 41.8 Å². The van der Waals surface area contributed by atoms with E-state index < -0.39 is 17.9 Å². The number of ether oxygens (including phenoxy) is 2. The molecule has 0 aliphatic rings. The van der Waals surface area contributed by atoms with Crippen molar-refractivity contribution in [1.82, 2.24) is 30.0 Å². The van der Waals surface area contributed by atoms with Crippen molar-refractivity contribution in [1.29, 1.82) is 0 Å². The molecule has 0 aliphatic carbocycles. The van der Waals surface area contributed by atoms with Gasteiger partial charge in [-0.1, -0.05) is 100 Å². The summed E-state index contributed by atoms with van der Waals surface area (Å²) in [5.41, 5.74) is 16.6. The quantitative estimate of drug-likeness (QED) is 0.0349. The van der Waals surface area contributed by atoms with Gasteiger partial charge < -0.3 is 25.8 Å². The Kier molecular flexibility index (Phi) is 24.7. The predicted molar refractivity (Wildman–Crippen MR) is 199 cm³/mol. The summed E-state index contributed by atoms with van der Waals surface area (Å²) in [6.45, 7) is 4.13. The van der Waals surface area contributed by atoms with E-state index >= 15 is 0 Å². The number of para-hydroxylation sites is 3. The third-order valence-corrected chi connectivity index (χ3v) is 5.84. The molecule has 0 unspecified atom stereocenters. The molecule has 2 aromatic heterocycles. The normalized spacial score (nSPS) is 8.75. The van der Waals surface area contributed by atoms with Gasteiger partial charge in [0.05, 0.1) is 37.0 Å². The number of nitrogens with zero attached hydrogens (tertiary/aromatic N) is 9. The minimum absolute atomic E-state index is 0. The molecular weight excluding hydrogens is 703 g/mol. The molecule has 18 heteroatoms. The van der Waals surface area contributed by atoms with E-state index in [1.165, 1.54) is 15.6 Å². The van der Waals surface area contributed by atoms with E-state index in [4.69, 9.17) is 21.1 Å². The molecule has 4 N–H and O–H groups in total. The molecule has 0 saturated carbocycles. The van der Waals surface area contributed by atoms with Crippen LogP contribution in [0.1, 0.15) is 34.8 Å². The molecule has 0 spiro atoms. The number of esters is 2. The SMILES string of the molecule is C#CC(=O)OCC.CCOC(=O)c1cn(-c2ccccc2)nn1.Nc1ccccc1.O=C(O)c1cn(-c2ccccc2)nn1.[Li+].[N-]=[N+]=Nc1ccccc1.[OH-]. The Balaban J connectivity index is 0.000000685. The number of anilines is 1. The number of azide groups is 1. The summed E-state index contributed by atoms with van der Waals surface area (Å²) >= 11 is 0. The number of nitrogens with two attached hydrogens (primary N) is 1. The van der Waals surface area contributed by atoms with E-state index in [1.54, 1.807) is 38.1 Å². The third-order valence-electron chi connectivity index (χ3n) is 5.84. The topological polar surface area (TPSA) is 256 Å². The maximum Gasteiger partial charge on any atom is 1.00 e. The van der Waals surface area contributed by atoms with E-state index in [9.17, 15) is 14.4 Å². The van der Waals surface area contributed by atoms with Gasteiger partial charge in [-0.3, -0.25) is 0 Å². The zero-order valence-corrected chi connectivity index (χ0v) is 30.2. The summed E-state index contributed by atoms with van der Waals surface area (Å²) in [4.78, 5) is 34.5. The summed E-state index contributed by atoms with van der Waals surface area (Å²) in [5.74, 6) is -0.321. The molecule has 4 aromatic carbocycles. The second-order valence-corrected chi connectivity index (χ2v) is 9.59. The molecule has 0 fully saturated rings. The Morgan fingerprint density at radius 3 is 1.53 bits per heavy atom. The van der Waals surface area contributed by atoms with Gasteiger partial charge in [-0.25, -0.2) is 23.7 Å². The average molecular weight is 741 g/mol. The number of hydrogen-bond donors (Lipinski definition) is 2. The van der Waals surface area contributed by atoms with Gasteiger partial charge in [0, 0.05) is 22.2 Å². The molecule has 0 aliphatic heterocycles. The second kappa shape index (κ2) is 28.4. The fraction of sp³-hybridized carbons (Fsp3) is 0.108. The predicted octanol–water partition coefficient (Wildman–Crippen LogP) is 3.32. The Hall–Kier alpha value is -7.20. The maximum atomic E-state index is 11.4. The molecule has 6 rings (SSSR count). The number of nitrogen functional groups attached to an aromatic ring is 1. The van der Waals surface area contributed by atoms with Crippen LogP contribution in [0.4, 0.5) is 11.4 Å². The van der Waals surface area contributed by atoms with Crippen LogP contribution in [0.15, 0.2) is 139 Å². The number of terminal acetylenes is 1. The minimum Gasteiger partial charge on any atom is -0.870 e. The van der Waals surface area contributed by atoms with E-state index in [-0.39, 0.29) is 35.7 Å². The van der Waals surface area contributed by atoms with Crippen LogP contribution in [-0.2, 0) is 14.3 Å². The van der Waals surface area contributed by atoms with Crippen LogP contribution in [0.5, 0.6) is 0 Å². The van der Waals surface area contributed by atoms with E-state index in [0.717, 1.165) is 17.1 Å². The first-order chi connectivity index (χ1) is 25.7. The summed E-state index contributed by atoms with van der Waals surface area (Å²) in [5, 5.41) is 26.8. The molecule has 55 heavy (non-hydrogen) atoms. The largest absolute Gasteiger partial charge is 1.00 e. The zero-order valence-electron chi connectivity index (χ0n) is 30.2. The number of hydrogen-bond acceptors (Lipinski definition) is 12. The van der Waals surface area contributed by atoms with Crippen molar-refractivity contribution in [2.75, 3.05) is 18.9 Å². The molecule has 0 bridgehead atoms. The first kappa shape index (κ1) is 47.8. The first-order valence-corrected chi connectivity index (χ1v) is 15.6. The number of rotatable bonds is 7. The molecular formula is C37H37LiN10O7. The van der Waals surface area contributed by atoms with Crippen LogP contribution in [0.25, 0.3) is 21.8 Å². The molecule has 0 saturated heterocycles. The maximum absolute atomic E-state index is 11.4. The number of aromatic carboxylic acids is 1. The van der Waals surface area contributed by atoms with Crippen LogP contribution in [0.3, 0.4) is 0 Å². The van der Waals surface area contributed by atoms with Gasteiger partial charge in [0.1, 0.15) is 0 Å². The number of carboxylic acids is 1. The fourth-order valence-electron chi connectivity index (χ4n) is 3.51. The van der Waals surface area contributed by atoms with Gasteiger partial charge in [-0.05, 0) is 55.8 Å². The van der Waals surface area contributed by atoms with Gasteiger partial charge in [-0.2, -0.15) is 0 Å². The smallest absolute Gasteiger partial charge is 0.870 e. The molecule has 278 valence electrons. The van der Waals surface area contributed by atoms with Crippen molar-refractivity contribution in [3.8, 4) is 23.7 Å². The molecule has 6 aromatic rings. The number of benzene rings is 4. The van der Waals surface area contributed by atoms with E-state index in [0.29, 0.717) is 18.9 Å². The molecule has 17 nitrogen and oxygen atoms in total. The summed E-state index contributed by atoms with van der Waals surface area (Å²) < 4.78 is 12.1. The second-order valence-electron chi connectivity index (χ2n) is 9.59. The van der Waals surface area contributed by atoms with Gasteiger partial charge in [0.2, 0.25) is 0 Å². The van der Waals surface area contributed by atoms with Crippen LogP contribution in [0.2, 0.25) is 0 Å².